The zero-order chi connectivity index (χ0) is 8.10. The maximum absolute atomic E-state index is 8.38. The summed E-state index contributed by atoms with van der Waals surface area (Å²) >= 11 is 0. The Hall–Kier alpha value is -0.186. The first-order valence-electron chi connectivity index (χ1n) is 3.73. The molecule has 0 atom stereocenters. The first-order valence-corrected chi connectivity index (χ1v) is 3.73. The van der Waals surface area contributed by atoms with Crippen molar-refractivity contribution < 1.29 is 32.7 Å². The number of aryl methyl sites for hydroxylation is 1. The molecular formula is C10H10NY-. The minimum Gasteiger partial charge on any atom is -0.199 e. The molecule has 1 nitrogen and oxygen atoms in total. The van der Waals surface area contributed by atoms with Crippen LogP contribution in [0.3, 0.4) is 0 Å². The van der Waals surface area contributed by atoms with E-state index in [-0.39, 0.29) is 32.7 Å². The Morgan fingerprint density at radius 1 is 1.50 bits per heavy atom. The standard InChI is InChI=1S/C10H10N.Y/c1-2-9-3-5-10(6-4-9)7-8-11;/h3,5-6H,2,7H2,1H3;/q-1;. The van der Waals surface area contributed by atoms with Gasteiger partial charge in [0.25, 0.3) is 0 Å². The fraction of sp³-hybridized carbons (Fsp3) is 0.300. The van der Waals surface area contributed by atoms with E-state index in [0.717, 1.165) is 12.0 Å². The van der Waals surface area contributed by atoms with Gasteiger partial charge in [0.1, 0.15) is 0 Å². The number of nitriles is 1. The average molecular weight is 233 g/mol. The molecule has 0 bridgehead atoms. The Kier molecular flexibility index (Phi) is 6.24. The van der Waals surface area contributed by atoms with Crippen LogP contribution in [0, 0.1) is 17.4 Å². The van der Waals surface area contributed by atoms with E-state index >= 15 is 0 Å². The summed E-state index contributed by atoms with van der Waals surface area (Å²) in [5.41, 5.74) is 2.25. The van der Waals surface area contributed by atoms with Crippen molar-refractivity contribution in [1.29, 1.82) is 5.26 Å². The van der Waals surface area contributed by atoms with E-state index < -0.39 is 0 Å². The Morgan fingerprint density at radius 3 is 2.67 bits per heavy atom. The molecule has 1 aromatic carbocycles. The van der Waals surface area contributed by atoms with Gasteiger partial charge in [0, 0.05) is 39.1 Å². The average Bonchev–Trinajstić information content (AvgIpc) is 2.07. The number of hydrogen-bond acceptors (Lipinski definition) is 1. The maximum Gasteiger partial charge on any atom is 0.0542 e. The molecule has 0 aromatic heterocycles. The molecule has 1 radical (unpaired) electrons. The van der Waals surface area contributed by atoms with Crippen molar-refractivity contribution >= 4 is 0 Å². The van der Waals surface area contributed by atoms with Crippen LogP contribution in [0.25, 0.3) is 0 Å². The zero-order valence-corrected chi connectivity index (χ0v) is 10.0. The van der Waals surface area contributed by atoms with Crippen molar-refractivity contribution in [1.82, 2.24) is 0 Å². The monoisotopic (exact) mass is 233 g/mol. The molecule has 2 heteroatoms. The molecule has 0 saturated carbocycles. The topological polar surface area (TPSA) is 23.8 Å². The van der Waals surface area contributed by atoms with Crippen molar-refractivity contribution in [2.75, 3.05) is 0 Å². The Balaban J connectivity index is 0.00000121. The molecule has 0 aliphatic heterocycles. The molecule has 0 N–H and O–H groups in total. The minimum atomic E-state index is 0. The van der Waals surface area contributed by atoms with Crippen LogP contribution in [0.4, 0.5) is 0 Å². The number of benzene rings is 1. The van der Waals surface area contributed by atoms with Gasteiger partial charge in [-0.15, -0.1) is 5.56 Å². The van der Waals surface area contributed by atoms with Crippen LogP contribution in [0.5, 0.6) is 0 Å². The van der Waals surface area contributed by atoms with Crippen LogP contribution in [0.2, 0.25) is 0 Å². The molecule has 0 saturated heterocycles. The SMILES string of the molecule is CCc1[c-]cc(CC#N)cc1.[Y]. The Morgan fingerprint density at radius 2 is 2.25 bits per heavy atom. The molecule has 0 amide bonds. The van der Waals surface area contributed by atoms with Crippen molar-refractivity contribution in [3.8, 4) is 6.07 Å². The smallest absolute Gasteiger partial charge is 0.0542 e. The third-order valence-electron chi connectivity index (χ3n) is 1.61. The fourth-order valence-electron chi connectivity index (χ4n) is 0.910. The van der Waals surface area contributed by atoms with Crippen LogP contribution in [-0.4, -0.2) is 0 Å². The van der Waals surface area contributed by atoms with E-state index in [2.05, 4.69) is 19.1 Å². The fourth-order valence-corrected chi connectivity index (χ4v) is 0.910. The van der Waals surface area contributed by atoms with E-state index in [1.165, 1.54) is 5.56 Å². The summed E-state index contributed by atoms with van der Waals surface area (Å²) in [5.74, 6) is 0. The summed E-state index contributed by atoms with van der Waals surface area (Å²) in [6, 6.07) is 11.1. The summed E-state index contributed by atoms with van der Waals surface area (Å²) in [6.07, 6.45) is 1.49. The van der Waals surface area contributed by atoms with Gasteiger partial charge in [0.15, 0.2) is 0 Å². The van der Waals surface area contributed by atoms with E-state index in [0.29, 0.717) is 6.42 Å². The predicted octanol–water partition coefficient (Wildman–Crippen LogP) is 2.11. The van der Waals surface area contributed by atoms with E-state index in [1.54, 1.807) is 0 Å². The van der Waals surface area contributed by atoms with Crippen molar-refractivity contribution in [2.24, 2.45) is 0 Å². The zero-order valence-electron chi connectivity index (χ0n) is 7.17. The van der Waals surface area contributed by atoms with E-state index in [4.69, 9.17) is 5.26 Å². The van der Waals surface area contributed by atoms with Crippen LogP contribution >= 0.6 is 0 Å². The minimum absolute atomic E-state index is 0. The Bertz CT molecular complexity index is 258. The van der Waals surface area contributed by atoms with Gasteiger partial charge >= 0.3 is 0 Å². The van der Waals surface area contributed by atoms with E-state index in [9.17, 15) is 0 Å². The summed E-state index contributed by atoms with van der Waals surface area (Å²) in [4.78, 5) is 0. The first-order chi connectivity index (χ1) is 5.36. The van der Waals surface area contributed by atoms with Gasteiger partial charge in [-0.05, 0) is 0 Å². The quantitative estimate of drug-likeness (QED) is 0.717. The van der Waals surface area contributed by atoms with Gasteiger partial charge in [0.05, 0.1) is 6.07 Å². The molecular weight excluding hydrogens is 223 g/mol. The maximum atomic E-state index is 8.38. The third-order valence-corrected chi connectivity index (χ3v) is 1.61. The molecule has 12 heavy (non-hydrogen) atoms. The molecule has 0 spiro atoms. The molecule has 1 rings (SSSR count). The second-order valence-corrected chi connectivity index (χ2v) is 2.41. The molecule has 0 aliphatic rings. The molecule has 59 valence electrons. The first kappa shape index (κ1) is 11.8. The molecule has 0 unspecified atom stereocenters. The third kappa shape index (κ3) is 3.47. The molecule has 0 aliphatic carbocycles. The number of nitrogens with zero attached hydrogens (tertiary/aromatic N) is 1. The van der Waals surface area contributed by atoms with Gasteiger partial charge in [0.2, 0.25) is 0 Å². The van der Waals surface area contributed by atoms with Gasteiger partial charge in [-0.3, -0.25) is 0 Å². The van der Waals surface area contributed by atoms with Crippen LogP contribution in [0.15, 0.2) is 18.2 Å². The van der Waals surface area contributed by atoms with E-state index in [1.807, 2.05) is 18.2 Å². The summed E-state index contributed by atoms with van der Waals surface area (Å²) in [5, 5.41) is 8.38. The van der Waals surface area contributed by atoms with Gasteiger partial charge in [-0.1, -0.05) is 13.3 Å². The normalized spacial score (nSPS) is 8.33. The predicted molar refractivity (Wildman–Crippen MR) is 44.0 cm³/mol. The van der Waals surface area contributed by atoms with Crippen LogP contribution in [0.1, 0.15) is 18.1 Å². The number of hydrogen-bond donors (Lipinski definition) is 0. The van der Waals surface area contributed by atoms with Gasteiger partial charge in [-0.25, -0.2) is 0 Å². The summed E-state index contributed by atoms with van der Waals surface area (Å²) < 4.78 is 0. The second kappa shape index (κ2) is 6.34. The van der Waals surface area contributed by atoms with Crippen molar-refractivity contribution in [3.63, 3.8) is 0 Å². The molecule has 1 aromatic rings. The van der Waals surface area contributed by atoms with Crippen molar-refractivity contribution in [3.05, 3.63) is 35.4 Å². The van der Waals surface area contributed by atoms with Crippen molar-refractivity contribution in [2.45, 2.75) is 19.8 Å². The molecule has 0 heterocycles. The second-order valence-electron chi connectivity index (χ2n) is 2.41. The largest absolute Gasteiger partial charge is 0.199 e. The summed E-state index contributed by atoms with van der Waals surface area (Å²) in [7, 11) is 0. The van der Waals surface area contributed by atoms with Gasteiger partial charge in [-0.2, -0.15) is 35.1 Å². The molecule has 0 fully saturated rings. The van der Waals surface area contributed by atoms with Crippen LogP contribution in [-0.2, 0) is 45.6 Å². The van der Waals surface area contributed by atoms with Gasteiger partial charge < -0.3 is 0 Å². The number of rotatable bonds is 2. The Labute approximate surface area is 98.7 Å². The van der Waals surface area contributed by atoms with Crippen LogP contribution < -0.4 is 0 Å². The summed E-state index contributed by atoms with van der Waals surface area (Å²) in [6.45, 7) is 2.09.